The Morgan fingerprint density at radius 2 is 2.12 bits per heavy atom. The number of benzene rings is 1. The van der Waals surface area contributed by atoms with Crippen molar-refractivity contribution in [1.82, 2.24) is 0 Å². The fraction of sp³-hybridized carbons (Fsp3) is 0.714. The molecule has 0 heterocycles. The van der Waals surface area contributed by atoms with Crippen LogP contribution < -0.4 is 10.5 Å². The molecule has 0 saturated heterocycles. The summed E-state index contributed by atoms with van der Waals surface area (Å²) in [5, 5.41) is 10.5. The maximum Gasteiger partial charge on any atom is 0.119 e. The summed E-state index contributed by atoms with van der Waals surface area (Å²) >= 11 is 0. The smallest absolute Gasteiger partial charge is 0.119 e. The Morgan fingerprint density at radius 3 is 2.96 bits per heavy atom. The Morgan fingerprint density at radius 1 is 1.25 bits per heavy atom. The van der Waals surface area contributed by atoms with Gasteiger partial charge in [0.1, 0.15) is 5.75 Å². The molecule has 0 aromatic heterocycles. The van der Waals surface area contributed by atoms with E-state index in [1.54, 1.807) is 5.56 Å². The van der Waals surface area contributed by atoms with E-state index in [-0.39, 0.29) is 11.5 Å². The van der Waals surface area contributed by atoms with Gasteiger partial charge in [-0.1, -0.05) is 13.0 Å². The van der Waals surface area contributed by atoms with Gasteiger partial charge in [0.15, 0.2) is 0 Å². The van der Waals surface area contributed by atoms with E-state index in [9.17, 15) is 5.11 Å². The van der Waals surface area contributed by atoms with E-state index in [0.29, 0.717) is 25.0 Å². The molecule has 0 radical (unpaired) electrons. The Hall–Kier alpha value is -1.06. The van der Waals surface area contributed by atoms with Gasteiger partial charge in [0, 0.05) is 0 Å². The third-order valence-corrected chi connectivity index (χ3v) is 7.27. The molecule has 3 heteroatoms. The number of ether oxygens (including phenoxy) is 1. The number of aryl methyl sites for hydroxylation is 1. The van der Waals surface area contributed by atoms with Gasteiger partial charge in [-0.2, -0.15) is 0 Å². The molecular weight excluding hydrogens is 298 g/mol. The SMILES string of the molecule is CC12CCC3c4ccc(OCCCN)cc4CCC3C1CC[C@@H]2O. The number of aliphatic hydroxyl groups is 1. The van der Waals surface area contributed by atoms with Gasteiger partial charge in [-0.3, -0.25) is 0 Å². The lowest BCUT2D eigenvalue weighted by molar-refractivity contribution is -0.0226. The monoisotopic (exact) mass is 329 g/mol. The molecule has 0 amide bonds. The summed E-state index contributed by atoms with van der Waals surface area (Å²) in [6.45, 7) is 3.73. The first kappa shape index (κ1) is 16.4. The number of fused-ring (bicyclic) bond motifs is 5. The molecule has 3 aliphatic carbocycles. The predicted molar refractivity (Wildman–Crippen MR) is 96.2 cm³/mol. The number of aliphatic hydroxyl groups excluding tert-OH is 1. The molecule has 4 unspecified atom stereocenters. The van der Waals surface area contributed by atoms with E-state index >= 15 is 0 Å². The normalized spacial score (nSPS) is 37.5. The standard InChI is InChI=1S/C21H31NO2/c1-21-10-9-17-16-6-4-15(24-12-2-11-22)13-14(16)3-5-18(17)19(21)7-8-20(21)23/h4,6,13,17-20,23H,2-3,5,7-12,22H2,1H3/t17?,18?,19?,20-,21?/m0/s1. The van der Waals surface area contributed by atoms with Crippen molar-refractivity contribution in [3.8, 4) is 5.75 Å². The molecule has 3 nitrogen and oxygen atoms in total. The third kappa shape index (κ3) is 2.57. The average Bonchev–Trinajstić information content (AvgIpc) is 2.90. The summed E-state index contributed by atoms with van der Waals surface area (Å²) in [4.78, 5) is 0. The molecule has 3 N–H and O–H groups in total. The van der Waals surface area contributed by atoms with Crippen LogP contribution in [0.3, 0.4) is 0 Å². The zero-order valence-electron chi connectivity index (χ0n) is 14.8. The van der Waals surface area contributed by atoms with Crippen LogP contribution in [-0.2, 0) is 6.42 Å². The highest BCUT2D eigenvalue weighted by atomic mass is 16.5. The fourth-order valence-electron chi connectivity index (χ4n) is 5.89. The molecule has 24 heavy (non-hydrogen) atoms. The van der Waals surface area contributed by atoms with Crippen LogP contribution in [0.25, 0.3) is 0 Å². The number of nitrogens with two attached hydrogens (primary N) is 1. The minimum absolute atomic E-state index is 0.0804. The van der Waals surface area contributed by atoms with E-state index in [1.165, 1.54) is 31.2 Å². The third-order valence-electron chi connectivity index (χ3n) is 7.27. The van der Waals surface area contributed by atoms with Crippen LogP contribution in [0.4, 0.5) is 0 Å². The van der Waals surface area contributed by atoms with Crippen LogP contribution in [0, 0.1) is 17.3 Å². The maximum atomic E-state index is 10.5. The van der Waals surface area contributed by atoms with Crippen LogP contribution in [0.5, 0.6) is 5.75 Å². The molecule has 0 aliphatic heterocycles. The van der Waals surface area contributed by atoms with Gasteiger partial charge in [-0.15, -0.1) is 0 Å². The van der Waals surface area contributed by atoms with Gasteiger partial charge in [0.05, 0.1) is 12.7 Å². The molecule has 0 spiro atoms. The molecule has 4 rings (SSSR count). The van der Waals surface area contributed by atoms with Crippen molar-refractivity contribution in [3.05, 3.63) is 29.3 Å². The van der Waals surface area contributed by atoms with E-state index in [1.807, 2.05) is 0 Å². The van der Waals surface area contributed by atoms with Crippen molar-refractivity contribution in [1.29, 1.82) is 0 Å². The highest BCUT2D eigenvalue weighted by Gasteiger charge is 2.54. The molecule has 0 bridgehead atoms. The summed E-state index contributed by atoms with van der Waals surface area (Å²) in [5.41, 5.74) is 8.76. The zero-order valence-corrected chi connectivity index (χ0v) is 14.8. The lowest BCUT2D eigenvalue weighted by Crippen LogP contribution is -2.43. The molecule has 2 fully saturated rings. The van der Waals surface area contributed by atoms with E-state index in [4.69, 9.17) is 10.5 Å². The van der Waals surface area contributed by atoms with E-state index in [2.05, 4.69) is 25.1 Å². The Kier molecular flexibility index (Phi) is 4.34. The zero-order chi connectivity index (χ0) is 16.7. The quantitative estimate of drug-likeness (QED) is 0.829. The topological polar surface area (TPSA) is 55.5 Å². The van der Waals surface area contributed by atoms with Gasteiger partial charge in [-0.05, 0) is 97.9 Å². The number of rotatable bonds is 4. The number of hydrogen-bond donors (Lipinski definition) is 2. The van der Waals surface area contributed by atoms with E-state index in [0.717, 1.165) is 30.9 Å². The molecule has 1 aromatic rings. The van der Waals surface area contributed by atoms with Crippen molar-refractivity contribution in [2.75, 3.05) is 13.2 Å². The first-order valence-corrected chi connectivity index (χ1v) is 9.77. The highest BCUT2D eigenvalue weighted by Crippen LogP contribution is 2.60. The lowest BCUT2D eigenvalue weighted by atomic mass is 9.55. The second kappa shape index (κ2) is 6.34. The van der Waals surface area contributed by atoms with Crippen molar-refractivity contribution >= 4 is 0 Å². The largest absolute Gasteiger partial charge is 0.494 e. The van der Waals surface area contributed by atoms with Crippen molar-refractivity contribution in [2.24, 2.45) is 23.0 Å². The number of hydrogen-bond acceptors (Lipinski definition) is 3. The minimum atomic E-state index is -0.0804. The van der Waals surface area contributed by atoms with Crippen molar-refractivity contribution in [2.45, 2.75) is 63.9 Å². The Balaban J connectivity index is 1.55. The van der Waals surface area contributed by atoms with Gasteiger partial charge in [-0.25, -0.2) is 0 Å². The van der Waals surface area contributed by atoms with Crippen molar-refractivity contribution < 1.29 is 9.84 Å². The average molecular weight is 329 g/mol. The highest BCUT2D eigenvalue weighted by molar-refractivity contribution is 5.40. The molecule has 5 atom stereocenters. The summed E-state index contributed by atoms with van der Waals surface area (Å²) in [6, 6.07) is 6.73. The minimum Gasteiger partial charge on any atom is -0.494 e. The van der Waals surface area contributed by atoms with E-state index < -0.39 is 0 Å². The molecule has 1 aromatic carbocycles. The summed E-state index contributed by atoms with van der Waals surface area (Å²) in [6.07, 6.45) is 7.89. The predicted octanol–water partition coefficient (Wildman–Crippen LogP) is 3.63. The Bertz CT molecular complexity index is 602. The summed E-state index contributed by atoms with van der Waals surface area (Å²) in [7, 11) is 0. The van der Waals surface area contributed by atoms with Crippen molar-refractivity contribution in [3.63, 3.8) is 0 Å². The summed E-state index contributed by atoms with van der Waals surface area (Å²) < 4.78 is 5.83. The van der Waals surface area contributed by atoms with Gasteiger partial charge >= 0.3 is 0 Å². The molecule has 132 valence electrons. The first-order valence-electron chi connectivity index (χ1n) is 9.77. The molecule has 3 aliphatic rings. The van der Waals surface area contributed by atoms with Crippen LogP contribution in [0.15, 0.2) is 18.2 Å². The first-order chi connectivity index (χ1) is 11.6. The van der Waals surface area contributed by atoms with Crippen LogP contribution in [0.2, 0.25) is 0 Å². The Labute approximate surface area is 145 Å². The second-order valence-corrected chi connectivity index (χ2v) is 8.40. The maximum absolute atomic E-state index is 10.5. The summed E-state index contributed by atoms with van der Waals surface area (Å²) in [5.74, 6) is 3.16. The molecular formula is C21H31NO2. The van der Waals surface area contributed by atoms with Gasteiger partial charge in [0.2, 0.25) is 0 Å². The van der Waals surface area contributed by atoms with Gasteiger partial charge in [0.25, 0.3) is 0 Å². The fourth-order valence-corrected chi connectivity index (χ4v) is 5.89. The molecule has 2 saturated carbocycles. The van der Waals surface area contributed by atoms with Crippen LogP contribution in [-0.4, -0.2) is 24.4 Å². The second-order valence-electron chi connectivity index (χ2n) is 8.40. The van der Waals surface area contributed by atoms with Gasteiger partial charge < -0.3 is 15.6 Å². The van der Waals surface area contributed by atoms with Crippen LogP contribution in [0.1, 0.15) is 62.5 Å². The van der Waals surface area contributed by atoms with Crippen LogP contribution >= 0.6 is 0 Å². The lowest BCUT2D eigenvalue weighted by Gasteiger charge is -2.50.